The van der Waals surface area contributed by atoms with Crippen LogP contribution in [0.1, 0.15) is 117 Å². The number of ether oxygens (including phenoxy) is 1. The minimum atomic E-state index is -0.432. The van der Waals surface area contributed by atoms with Crippen LogP contribution in [-0.2, 0) is 14.3 Å². The number of cyclic esters (lactones) is 2. The van der Waals surface area contributed by atoms with Crippen LogP contribution in [0.2, 0.25) is 0 Å². The number of hydrogen-bond donors (Lipinski definition) is 0. The molecule has 5 heteroatoms. The van der Waals surface area contributed by atoms with E-state index in [1.807, 2.05) is 0 Å². The molecule has 0 saturated carbocycles. The van der Waals surface area contributed by atoms with Gasteiger partial charge >= 0.3 is 11.9 Å². The number of unbranched alkanes of at least 4 members (excludes halogenated alkanes) is 14. The third-order valence-electron chi connectivity index (χ3n) is 5.25. The first-order valence-electron chi connectivity index (χ1n) is 12.0. The third kappa shape index (κ3) is 12.8. The van der Waals surface area contributed by atoms with Gasteiger partial charge in [-0.1, -0.05) is 104 Å². The summed E-state index contributed by atoms with van der Waals surface area (Å²) >= 11 is 3.04. The van der Waals surface area contributed by atoms with E-state index in [0.29, 0.717) is 9.81 Å². The summed E-state index contributed by atoms with van der Waals surface area (Å²) in [7, 11) is 0. The van der Waals surface area contributed by atoms with Crippen molar-refractivity contribution in [1.29, 1.82) is 0 Å². The van der Waals surface area contributed by atoms with E-state index in [4.69, 9.17) is 4.74 Å². The highest BCUT2D eigenvalue weighted by atomic mass is 32.2. The van der Waals surface area contributed by atoms with Crippen LogP contribution in [0.5, 0.6) is 0 Å². The van der Waals surface area contributed by atoms with Crippen molar-refractivity contribution in [2.24, 2.45) is 0 Å². The van der Waals surface area contributed by atoms with Crippen LogP contribution in [-0.4, -0.2) is 23.4 Å². The molecule has 168 valence electrons. The Balaban J connectivity index is 2.16. The van der Waals surface area contributed by atoms with Crippen LogP contribution >= 0.6 is 23.5 Å². The lowest BCUT2D eigenvalue weighted by atomic mass is 10.1. The quantitative estimate of drug-likeness (QED) is 0.108. The number of thioether (sulfide) groups is 2. The van der Waals surface area contributed by atoms with Crippen molar-refractivity contribution in [3.63, 3.8) is 0 Å². The maximum Gasteiger partial charge on any atom is 0.353 e. The molecule has 0 atom stereocenters. The van der Waals surface area contributed by atoms with Crippen LogP contribution < -0.4 is 0 Å². The van der Waals surface area contributed by atoms with Gasteiger partial charge in [0.05, 0.1) is 0 Å². The summed E-state index contributed by atoms with van der Waals surface area (Å²) in [4.78, 5) is 25.1. The zero-order chi connectivity index (χ0) is 21.2. The largest absolute Gasteiger partial charge is 0.385 e. The average molecular weight is 443 g/mol. The minimum Gasteiger partial charge on any atom is -0.385 e. The van der Waals surface area contributed by atoms with E-state index >= 15 is 0 Å². The van der Waals surface area contributed by atoms with Gasteiger partial charge in [0.15, 0.2) is 0 Å². The highest BCUT2D eigenvalue weighted by molar-refractivity contribution is 8.08. The summed E-state index contributed by atoms with van der Waals surface area (Å²) in [6.45, 7) is 4.49. The summed E-state index contributed by atoms with van der Waals surface area (Å²) in [5.74, 6) is 0.930. The molecule has 1 heterocycles. The second-order valence-electron chi connectivity index (χ2n) is 7.98. The number of rotatable bonds is 20. The van der Waals surface area contributed by atoms with Crippen LogP contribution in [0.25, 0.3) is 0 Å². The highest BCUT2D eigenvalue weighted by Crippen LogP contribution is 2.35. The van der Waals surface area contributed by atoms with Gasteiger partial charge in [0.2, 0.25) is 0 Å². The molecule has 0 aromatic heterocycles. The molecule has 0 unspecified atom stereocenters. The monoisotopic (exact) mass is 442 g/mol. The fraction of sp³-hybridized carbons (Fsp3) is 0.833. The Kier molecular flexibility index (Phi) is 16.8. The van der Waals surface area contributed by atoms with Crippen molar-refractivity contribution in [3.8, 4) is 0 Å². The predicted molar refractivity (Wildman–Crippen MR) is 128 cm³/mol. The van der Waals surface area contributed by atoms with Gasteiger partial charge in [0.25, 0.3) is 0 Å². The van der Waals surface area contributed by atoms with E-state index in [2.05, 4.69) is 13.8 Å². The molecule has 1 rings (SSSR count). The first-order chi connectivity index (χ1) is 14.2. The Labute approximate surface area is 187 Å². The van der Waals surface area contributed by atoms with E-state index < -0.39 is 11.9 Å². The Morgan fingerprint density at radius 1 is 0.517 bits per heavy atom. The first-order valence-corrected chi connectivity index (χ1v) is 13.9. The molecule has 0 amide bonds. The summed E-state index contributed by atoms with van der Waals surface area (Å²) in [6.07, 6.45) is 20.4. The lowest BCUT2D eigenvalue weighted by molar-refractivity contribution is -0.150. The van der Waals surface area contributed by atoms with Gasteiger partial charge in [-0.25, -0.2) is 9.59 Å². The third-order valence-corrected chi connectivity index (χ3v) is 7.68. The van der Waals surface area contributed by atoms with E-state index in [9.17, 15) is 9.59 Å². The molecule has 3 nitrogen and oxygen atoms in total. The van der Waals surface area contributed by atoms with Crippen LogP contribution in [0.3, 0.4) is 0 Å². The van der Waals surface area contributed by atoms with Gasteiger partial charge in [0, 0.05) is 0 Å². The highest BCUT2D eigenvalue weighted by Gasteiger charge is 2.33. The van der Waals surface area contributed by atoms with Crippen molar-refractivity contribution in [1.82, 2.24) is 0 Å². The number of esters is 2. The molecule has 0 fully saturated rings. The first kappa shape index (κ1) is 26.6. The summed E-state index contributed by atoms with van der Waals surface area (Å²) < 4.78 is 4.86. The molecule has 0 aromatic carbocycles. The molecular formula is C24H42O3S2. The average Bonchev–Trinajstić information content (AvgIpc) is 2.98. The molecule has 0 saturated heterocycles. The van der Waals surface area contributed by atoms with Gasteiger partial charge < -0.3 is 4.74 Å². The van der Waals surface area contributed by atoms with Gasteiger partial charge in [-0.05, 0) is 24.3 Å². The fourth-order valence-electron chi connectivity index (χ4n) is 3.43. The maximum atomic E-state index is 12.0. The predicted octanol–water partition coefficient (Wildman–Crippen LogP) is 8.03. The second-order valence-corrected chi connectivity index (χ2v) is 10.2. The molecule has 0 N–H and O–H groups in total. The standard InChI is InChI=1S/C24H42O3S2/c1-3-5-7-9-11-13-15-17-19-28-21-22(24(26)27-23(21)25)29-20-18-16-14-12-10-8-6-4-2/h3-20H2,1-2H3. The van der Waals surface area contributed by atoms with Crippen LogP contribution in [0, 0.1) is 0 Å². The summed E-state index contributed by atoms with van der Waals surface area (Å²) in [6, 6.07) is 0. The van der Waals surface area contributed by atoms with Crippen LogP contribution in [0.4, 0.5) is 0 Å². The Morgan fingerprint density at radius 2 is 0.828 bits per heavy atom. The summed E-state index contributed by atoms with van der Waals surface area (Å²) in [5.41, 5.74) is 0. The number of hydrogen-bond acceptors (Lipinski definition) is 5. The SMILES string of the molecule is CCCCCCCCCCSC1=C(SCCCCCCCCCC)C(=O)OC1=O. The van der Waals surface area contributed by atoms with Crippen molar-refractivity contribution in [2.75, 3.05) is 11.5 Å². The topological polar surface area (TPSA) is 43.4 Å². The molecule has 0 bridgehead atoms. The number of carbonyl (C=O) groups is 2. The maximum absolute atomic E-state index is 12.0. The molecule has 0 aromatic rings. The van der Waals surface area contributed by atoms with Gasteiger partial charge in [-0.15, -0.1) is 23.5 Å². The molecular weight excluding hydrogens is 400 g/mol. The Morgan fingerprint density at radius 3 is 1.17 bits per heavy atom. The molecule has 1 aliphatic heterocycles. The Hall–Kier alpha value is -0.420. The van der Waals surface area contributed by atoms with Crippen molar-refractivity contribution in [2.45, 2.75) is 117 Å². The van der Waals surface area contributed by atoms with E-state index in [-0.39, 0.29) is 0 Å². The van der Waals surface area contributed by atoms with Gasteiger partial charge in [0.1, 0.15) is 9.81 Å². The normalized spacial score (nSPS) is 14.1. The molecule has 29 heavy (non-hydrogen) atoms. The zero-order valence-electron chi connectivity index (χ0n) is 18.8. The smallest absolute Gasteiger partial charge is 0.353 e. The second kappa shape index (κ2) is 18.4. The summed E-state index contributed by atoms with van der Waals surface area (Å²) in [5, 5.41) is 0. The van der Waals surface area contributed by atoms with Crippen molar-refractivity contribution in [3.05, 3.63) is 9.81 Å². The molecule has 0 aliphatic carbocycles. The lowest BCUT2D eigenvalue weighted by Gasteiger charge is -2.04. The van der Waals surface area contributed by atoms with E-state index in [1.54, 1.807) is 0 Å². The fourth-order valence-corrected chi connectivity index (χ4v) is 5.64. The minimum absolute atomic E-state index is 0.432. The van der Waals surface area contributed by atoms with Crippen molar-refractivity contribution >= 4 is 35.5 Å². The van der Waals surface area contributed by atoms with E-state index in [1.165, 1.54) is 113 Å². The zero-order valence-corrected chi connectivity index (χ0v) is 20.4. The van der Waals surface area contributed by atoms with E-state index in [0.717, 1.165) is 24.3 Å². The van der Waals surface area contributed by atoms with Gasteiger partial charge in [-0.3, -0.25) is 0 Å². The molecule has 1 aliphatic rings. The van der Waals surface area contributed by atoms with Gasteiger partial charge in [-0.2, -0.15) is 0 Å². The van der Waals surface area contributed by atoms with Crippen molar-refractivity contribution < 1.29 is 14.3 Å². The molecule has 0 spiro atoms. The lowest BCUT2D eigenvalue weighted by Crippen LogP contribution is -2.01. The number of carbonyl (C=O) groups excluding carboxylic acids is 2. The Bertz CT molecular complexity index is 447. The molecule has 0 radical (unpaired) electrons. The van der Waals surface area contributed by atoms with Crippen LogP contribution in [0.15, 0.2) is 9.81 Å².